The third kappa shape index (κ3) is 3.13. The molecule has 0 spiro atoms. The van der Waals surface area contributed by atoms with Gasteiger partial charge in [-0.15, -0.1) is 0 Å². The van der Waals surface area contributed by atoms with Crippen LogP contribution in [-0.2, 0) is 13.6 Å². The number of rotatable bonds is 3. The van der Waals surface area contributed by atoms with Crippen molar-refractivity contribution >= 4 is 5.69 Å². The number of hydrogen-bond donors (Lipinski definition) is 0. The molecule has 2 aliphatic heterocycles. The summed E-state index contributed by atoms with van der Waals surface area (Å²) >= 11 is 0. The van der Waals surface area contributed by atoms with Crippen LogP contribution in [0.1, 0.15) is 37.9 Å². The summed E-state index contributed by atoms with van der Waals surface area (Å²) in [5.74, 6) is 0.477. The maximum atomic E-state index is 13.8. The van der Waals surface area contributed by atoms with E-state index in [-0.39, 0.29) is 11.4 Å². The molecule has 2 aliphatic rings. The molecule has 140 valence electrons. The second kappa shape index (κ2) is 6.38. The molecule has 4 nitrogen and oxygen atoms in total. The summed E-state index contributed by atoms with van der Waals surface area (Å²) in [7, 11) is 1.99. The van der Waals surface area contributed by atoms with E-state index >= 15 is 0 Å². The number of hydrogen-bond acceptors (Lipinski definition) is 3. The number of nitrogens with zero attached hydrogens (tertiary/aromatic N) is 4. The van der Waals surface area contributed by atoms with Crippen LogP contribution in [0.25, 0.3) is 0 Å². The van der Waals surface area contributed by atoms with Gasteiger partial charge in [0.05, 0.1) is 5.69 Å². The van der Waals surface area contributed by atoms with Gasteiger partial charge in [-0.05, 0) is 57.7 Å². The van der Waals surface area contributed by atoms with E-state index in [9.17, 15) is 4.39 Å². The number of anilines is 1. The summed E-state index contributed by atoms with van der Waals surface area (Å²) in [6.07, 6.45) is 4.42. The number of aromatic nitrogens is 2. The van der Waals surface area contributed by atoms with E-state index in [1.807, 2.05) is 17.8 Å². The van der Waals surface area contributed by atoms with E-state index in [1.54, 1.807) is 6.07 Å². The lowest BCUT2D eigenvalue weighted by atomic mass is 9.89. The number of piperidine rings is 1. The second-order valence-electron chi connectivity index (χ2n) is 8.63. The van der Waals surface area contributed by atoms with Crippen molar-refractivity contribution in [2.24, 2.45) is 13.0 Å². The van der Waals surface area contributed by atoms with Crippen LogP contribution in [0.2, 0.25) is 0 Å². The number of benzene rings is 1. The summed E-state index contributed by atoms with van der Waals surface area (Å²) in [4.78, 5) is 5.05. The van der Waals surface area contributed by atoms with Crippen LogP contribution in [-0.4, -0.2) is 39.4 Å². The molecule has 0 N–H and O–H groups in total. The van der Waals surface area contributed by atoms with Crippen molar-refractivity contribution in [3.63, 3.8) is 0 Å². The molecule has 0 bridgehead atoms. The highest BCUT2D eigenvalue weighted by Crippen LogP contribution is 2.44. The molecule has 4 rings (SSSR count). The Morgan fingerprint density at radius 3 is 2.81 bits per heavy atom. The molecular formula is C21H29FN4. The van der Waals surface area contributed by atoms with Gasteiger partial charge in [-0.2, -0.15) is 5.10 Å². The summed E-state index contributed by atoms with van der Waals surface area (Å²) in [5.41, 5.74) is 3.54. The van der Waals surface area contributed by atoms with Crippen molar-refractivity contribution in [1.82, 2.24) is 14.7 Å². The molecule has 2 fully saturated rings. The first-order valence-electron chi connectivity index (χ1n) is 9.60. The van der Waals surface area contributed by atoms with E-state index in [1.165, 1.54) is 11.6 Å². The molecule has 5 heteroatoms. The van der Waals surface area contributed by atoms with Crippen molar-refractivity contribution in [2.75, 3.05) is 18.0 Å². The zero-order chi connectivity index (χ0) is 18.5. The van der Waals surface area contributed by atoms with Gasteiger partial charge in [0.25, 0.3) is 0 Å². The molecule has 2 atom stereocenters. The van der Waals surface area contributed by atoms with Crippen LogP contribution < -0.4 is 4.90 Å². The summed E-state index contributed by atoms with van der Waals surface area (Å²) in [6, 6.07) is 7.60. The van der Waals surface area contributed by atoms with Gasteiger partial charge in [0.2, 0.25) is 0 Å². The molecular weight excluding hydrogens is 327 g/mol. The molecule has 0 radical (unpaired) electrons. The van der Waals surface area contributed by atoms with Gasteiger partial charge in [-0.1, -0.05) is 6.07 Å². The Labute approximate surface area is 155 Å². The zero-order valence-corrected chi connectivity index (χ0v) is 16.2. The molecule has 0 unspecified atom stereocenters. The van der Waals surface area contributed by atoms with Crippen LogP contribution in [0.4, 0.5) is 10.1 Å². The number of likely N-dealkylation sites (tertiary alicyclic amines) is 1. The van der Waals surface area contributed by atoms with Gasteiger partial charge in [-0.3, -0.25) is 9.58 Å². The van der Waals surface area contributed by atoms with E-state index < -0.39 is 0 Å². The summed E-state index contributed by atoms with van der Waals surface area (Å²) in [5, 5.41) is 4.47. The molecule has 1 aromatic carbocycles. The van der Waals surface area contributed by atoms with Crippen molar-refractivity contribution in [3.8, 4) is 0 Å². The van der Waals surface area contributed by atoms with E-state index in [0.717, 1.165) is 43.9 Å². The highest BCUT2D eigenvalue weighted by Gasteiger charge is 2.48. The normalized spacial score (nSPS) is 25.5. The Bertz CT molecular complexity index is 797. The molecule has 1 aromatic heterocycles. The Hall–Kier alpha value is -1.88. The fourth-order valence-corrected chi connectivity index (χ4v) is 5.18. The van der Waals surface area contributed by atoms with Gasteiger partial charge < -0.3 is 4.90 Å². The van der Waals surface area contributed by atoms with Crippen LogP contribution >= 0.6 is 0 Å². The van der Waals surface area contributed by atoms with Gasteiger partial charge in [0.1, 0.15) is 5.82 Å². The largest absolute Gasteiger partial charge is 0.363 e. The molecule has 26 heavy (non-hydrogen) atoms. The van der Waals surface area contributed by atoms with Crippen LogP contribution in [0.5, 0.6) is 0 Å². The SMILES string of the molecule is Cc1nn(C)cc1CN1CC[C@H]2[C@@H](C1)CC(C)(C)N2c1cccc(F)c1. The first kappa shape index (κ1) is 17.5. The average molecular weight is 356 g/mol. The minimum absolute atomic E-state index is 0.0589. The minimum Gasteiger partial charge on any atom is -0.363 e. The smallest absolute Gasteiger partial charge is 0.125 e. The molecule has 2 aromatic rings. The van der Waals surface area contributed by atoms with Crippen LogP contribution in [0.3, 0.4) is 0 Å². The van der Waals surface area contributed by atoms with E-state index in [0.29, 0.717) is 12.0 Å². The first-order valence-corrected chi connectivity index (χ1v) is 9.60. The summed E-state index contributed by atoms with van der Waals surface area (Å²) in [6.45, 7) is 9.85. The quantitative estimate of drug-likeness (QED) is 0.837. The molecule has 0 saturated carbocycles. The number of fused-ring (bicyclic) bond motifs is 1. The maximum Gasteiger partial charge on any atom is 0.125 e. The maximum absolute atomic E-state index is 13.8. The van der Waals surface area contributed by atoms with E-state index in [2.05, 4.69) is 47.9 Å². The minimum atomic E-state index is -0.147. The van der Waals surface area contributed by atoms with Crippen LogP contribution in [0.15, 0.2) is 30.5 Å². The highest BCUT2D eigenvalue weighted by atomic mass is 19.1. The Kier molecular flexibility index (Phi) is 4.30. The van der Waals surface area contributed by atoms with Crippen LogP contribution in [0, 0.1) is 18.7 Å². The van der Waals surface area contributed by atoms with Crippen molar-refractivity contribution in [3.05, 3.63) is 47.5 Å². The predicted molar refractivity (Wildman–Crippen MR) is 103 cm³/mol. The van der Waals surface area contributed by atoms with Gasteiger partial charge in [-0.25, -0.2) is 4.39 Å². The first-order chi connectivity index (χ1) is 12.3. The number of aryl methyl sites for hydroxylation is 2. The van der Waals surface area contributed by atoms with E-state index in [4.69, 9.17) is 0 Å². The van der Waals surface area contributed by atoms with Gasteiger partial charge >= 0.3 is 0 Å². The van der Waals surface area contributed by atoms with Gasteiger partial charge in [0.15, 0.2) is 0 Å². The Balaban J connectivity index is 1.52. The highest BCUT2D eigenvalue weighted by molar-refractivity contribution is 5.52. The lowest BCUT2D eigenvalue weighted by Crippen LogP contribution is -2.48. The lowest BCUT2D eigenvalue weighted by Gasteiger charge is -2.42. The molecule has 0 amide bonds. The third-order valence-electron chi connectivity index (χ3n) is 6.12. The average Bonchev–Trinajstić information content (AvgIpc) is 3.01. The van der Waals surface area contributed by atoms with Crippen molar-refractivity contribution in [1.29, 1.82) is 0 Å². The summed E-state index contributed by atoms with van der Waals surface area (Å²) < 4.78 is 15.7. The monoisotopic (exact) mass is 356 g/mol. The third-order valence-corrected chi connectivity index (χ3v) is 6.12. The molecule has 2 saturated heterocycles. The number of halogens is 1. The zero-order valence-electron chi connectivity index (χ0n) is 16.2. The standard InChI is InChI=1S/C21H29FN4/c1-15-17(12-24(4)23-15)14-25-9-8-20-16(13-25)11-21(2,3)26(20)19-7-5-6-18(22)10-19/h5-7,10,12,16,20H,8-9,11,13-14H2,1-4H3/t16-,20+/m1/s1. The van der Waals surface area contributed by atoms with Crippen molar-refractivity contribution in [2.45, 2.75) is 51.7 Å². The Morgan fingerprint density at radius 1 is 1.31 bits per heavy atom. The van der Waals surface area contributed by atoms with Gasteiger partial charge in [0, 0.05) is 55.7 Å². The molecule has 0 aliphatic carbocycles. The topological polar surface area (TPSA) is 24.3 Å². The second-order valence-corrected chi connectivity index (χ2v) is 8.63. The predicted octanol–water partition coefficient (Wildman–Crippen LogP) is 3.75. The Morgan fingerprint density at radius 2 is 2.12 bits per heavy atom. The van der Waals surface area contributed by atoms with Crippen molar-refractivity contribution < 1.29 is 4.39 Å². The fourth-order valence-electron chi connectivity index (χ4n) is 5.18. The fraction of sp³-hybridized carbons (Fsp3) is 0.571. The lowest BCUT2D eigenvalue weighted by molar-refractivity contribution is 0.161. The molecule has 3 heterocycles.